The summed E-state index contributed by atoms with van der Waals surface area (Å²) in [6.45, 7) is 2.05. The van der Waals surface area contributed by atoms with E-state index in [4.69, 9.17) is 11.6 Å². The number of carbonyl (C=O) groups excluding carboxylic acids is 1. The van der Waals surface area contributed by atoms with E-state index >= 15 is 0 Å². The molecule has 1 amide bonds. The highest BCUT2D eigenvalue weighted by Gasteiger charge is 2.17. The number of halogens is 1. The fraction of sp³-hybridized carbons (Fsp3) is 0.174. The molecule has 0 bridgehead atoms. The number of aromatic nitrogens is 4. The summed E-state index contributed by atoms with van der Waals surface area (Å²) in [6, 6.07) is 19.4. The van der Waals surface area contributed by atoms with Gasteiger partial charge in [-0.15, -0.1) is 10.2 Å². The third-order valence-electron chi connectivity index (χ3n) is 4.82. The van der Waals surface area contributed by atoms with E-state index in [-0.39, 0.29) is 11.7 Å². The van der Waals surface area contributed by atoms with Crippen LogP contribution >= 0.6 is 23.4 Å². The van der Waals surface area contributed by atoms with Crippen LogP contribution in [0.4, 0.5) is 5.69 Å². The number of nitrogens with one attached hydrogen (secondary N) is 1. The lowest BCUT2D eigenvalue weighted by Crippen LogP contribution is -2.14. The third-order valence-corrected chi connectivity index (χ3v) is 5.99. The Morgan fingerprint density at radius 3 is 2.61 bits per heavy atom. The van der Waals surface area contributed by atoms with E-state index in [1.807, 2.05) is 36.0 Å². The van der Waals surface area contributed by atoms with Gasteiger partial charge in [-0.1, -0.05) is 47.1 Å². The van der Waals surface area contributed by atoms with Gasteiger partial charge in [0.2, 0.25) is 5.91 Å². The number of nitrogens with zero attached hydrogens (tertiary/aromatic N) is 4. The molecule has 158 valence electrons. The highest BCUT2D eigenvalue weighted by atomic mass is 35.5. The Morgan fingerprint density at radius 1 is 1.10 bits per heavy atom. The smallest absolute Gasteiger partial charge is 0.234 e. The maximum atomic E-state index is 12.5. The van der Waals surface area contributed by atoms with E-state index in [1.54, 1.807) is 24.3 Å². The first-order valence-corrected chi connectivity index (χ1v) is 11.2. The molecule has 0 unspecified atom stereocenters. The maximum absolute atomic E-state index is 12.5. The van der Waals surface area contributed by atoms with Gasteiger partial charge < -0.3 is 9.88 Å². The molecule has 4 aromatic rings. The zero-order valence-electron chi connectivity index (χ0n) is 17.2. The number of rotatable bonds is 7. The normalized spacial score (nSPS) is 10.9. The van der Waals surface area contributed by atoms with Crippen molar-refractivity contribution in [2.45, 2.75) is 18.5 Å². The van der Waals surface area contributed by atoms with Gasteiger partial charge in [0.25, 0.3) is 0 Å². The molecule has 0 aliphatic carbocycles. The van der Waals surface area contributed by atoms with Crippen LogP contribution in [0.2, 0.25) is 5.02 Å². The van der Waals surface area contributed by atoms with Crippen LogP contribution < -0.4 is 5.32 Å². The van der Waals surface area contributed by atoms with Crippen molar-refractivity contribution in [3.05, 3.63) is 89.0 Å². The summed E-state index contributed by atoms with van der Waals surface area (Å²) in [5, 5.41) is 12.9. The van der Waals surface area contributed by atoms with E-state index in [0.29, 0.717) is 22.3 Å². The lowest BCUT2D eigenvalue weighted by molar-refractivity contribution is -0.113. The van der Waals surface area contributed by atoms with E-state index < -0.39 is 0 Å². The minimum atomic E-state index is -0.130. The minimum absolute atomic E-state index is 0.130. The van der Waals surface area contributed by atoms with Crippen molar-refractivity contribution in [1.82, 2.24) is 19.3 Å². The highest BCUT2D eigenvalue weighted by Crippen LogP contribution is 2.24. The molecular formula is C23H22ClN5OS. The number of amides is 1. The molecule has 0 atom stereocenters. The number of anilines is 1. The summed E-state index contributed by atoms with van der Waals surface area (Å²) >= 11 is 7.35. The molecule has 6 nitrogen and oxygen atoms in total. The Morgan fingerprint density at radius 2 is 1.90 bits per heavy atom. The molecule has 0 aliphatic heterocycles. The molecule has 0 spiro atoms. The Kier molecular flexibility index (Phi) is 6.44. The van der Waals surface area contributed by atoms with Gasteiger partial charge >= 0.3 is 0 Å². The topological polar surface area (TPSA) is 64.7 Å². The molecule has 31 heavy (non-hydrogen) atoms. The quantitative estimate of drug-likeness (QED) is 0.406. The molecule has 1 N–H and O–H groups in total. The standard InChI is InChI=1S/C23H22ClN5OS/c1-16-8-10-19(11-9-16)29-21(14-20-7-4-12-28(20)2)26-27-23(29)31-15-22(30)25-18-6-3-5-17(24)13-18/h3-13H,14-15H2,1-2H3,(H,25,30). The maximum Gasteiger partial charge on any atom is 0.234 e. The van der Waals surface area contributed by atoms with E-state index in [9.17, 15) is 4.79 Å². The van der Waals surface area contributed by atoms with Gasteiger partial charge in [-0.2, -0.15) is 0 Å². The largest absolute Gasteiger partial charge is 0.354 e. The lowest BCUT2D eigenvalue weighted by Gasteiger charge is -2.11. The van der Waals surface area contributed by atoms with Crippen molar-refractivity contribution in [2.24, 2.45) is 7.05 Å². The summed E-state index contributed by atoms with van der Waals surface area (Å²) < 4.78 is 4.09. The molecule has 0 saturated carbocycles. The van der Waals surface area contributed by atoms with Crippen LogP contribution in [0.15, 0.2) is 72.0 Å². The second kappa shape index (κ2) is 9.41. The van der Waals surface area contributed by atoms with Crippen molar-refractivity contribution in [3.8, 4) is 5.69 Å². The van der Waals surface area contributed by atoms with Gasteiger partial charge in [0.15, 0.2) is 5.16 Å². The summed E-state index contributed by atoms with van der Waals surface area (Å²) in [7, 11) is 2.01. The summed E-state index contributed by atoms with van der Waals surface area (Å²) in [6.07, 6.45) is 2.65. The van der Waals surface area contributed by atoms with Crippen LogP contribution in [0.1, 0.15) is 17.1 Å². The van der Waals surface area contributed by atoms with Crippen molar-refractivity contribution in [2.75, 3.05) is 11.1 Å². The SMILES string of the molecule is Cc1ccc(-n2c(Cc3cccn3C)nnc2SCC(=O)Nc2cccc(Cl)c2)cc1. The number of hydrogen-bond acceptors (Lipinski definition) is 4. The third kappa shape index (κ3) is 5.18. The molecule has 2 aromatic heterocycles. The average molecular weight is 452 g/mol. The van der Waals surface area contributed by atoms with Crippen LogP contribution in [-0.2, 0) is 18.3 Å². The molecule has 2 heterocycles. The first kappa shape index (κ1) is 21.2. The van der Waals surface area contributed by atoms with Crippen LogP contribution in [0.5, 0.6) is 0 Å². The molecular weight excluding hydrogens is 430 g/mol. The van der Waals surface area contributed by atoms with Crippen LogP contribution in [0.3, 0.4) is 0 Å². The average Bonchev–Trinajstić information content (AvgIpc) is 3.33. The first-order chi connectivity index (χ1) is 15.0. The van der Waals surface area contributed by atoms with Crippen LogP contribution in [0, 0.1) is 6.92 Å². The molecule has 2 aromatic carbocycles. The highest BCUT2D eigenvalue weighted by molar-refractivity contribution is 7.99. The van der Waals surface area contributed by atoms with Gasteiger partial charge in [-0.25, -0.2) is 0 Å². The van der Waals surface area contributed by atoms with Gasteiger partial charge in [0.05, 0.1) is 5.75 Å². The van der Waals surface area contributed by atoms with Crippen molar-refractivity contribution >= 4 is 35.0 Å². The van der Waals surface area contributed by atoms with Crippen LogP contribution in [0.25, 0.3) is 5.69 Å². The van der Waals surface area contributed by atoms with Crippen molar-refractivity contribution in [1.29, 1.82) is 0 Å². The lowest BCUT2D eigenvalue weighted by atomic mass is 10.2. The first-order valence-electron chi connectivity index (χ1n) is 9.79. The Labute approximate surface area is 190 Å². The monoisotopic (exact) mass is 451 g/mol. The fourth-order valence-electron chi connectivity index (χ4n) is 3.20. The minimum Gasteiger partial charge on any atom is -0.354 e. The van der Waals surface area contributed by atoms with E-state index in [1.165, 1.54) is 17.3 Å². The van der Waals surface area contributed by atoms with Gasteiger partial charge in [0, 0.05) is 41.8 Å². The van der Waals surface area contributed by atoms with Crippen molar-refractivity contribution < 1.29 is 4.79 Å². The number of hydrogen-bond donors (Lipinski definition) is 1. The number of benzene rings is 2. The second-order valence-corrected chi connectivity index (χ2v) is 8.58. The molecule has 0 saturated heterocycles. The zero-order valence-corrected chi connectivity index (χ0v) is 18.8. The number of aryl methyl sites for hydroxylation is 2. The molecule has 4 rings (SSSR count). The molecule has 8 heteroatoms. The van der Waals surface area contributed by atoms with E-state index in [2.05, 4.69) is 45.2 Å². The van der Waals surface area contributed by atoms with E-state index in [0.717, 1.165) is 17.2 Å². The molecule has 0 radical (unpaired) electrons. The van der Waals surface area contributed by atoms with Crippen molar-refractivity contribution in [3.63, 3.8) is 0 Å². The summed E-state index contributed by atoms with van der Waals surface area (Å²) in [5.74, 6) is 0.902. The fourth-order valence-corrected chi connectivity index (χ4v) is 4.16. The summed E-state index contributed by atoms with van der Waals surface area (Å²) in [4.78, 5) is 12.5. The molecule has 0 aliphatic rings. The Bertz CT molecular complexity index is 1200. The molecule has 0 fully saturated rings. The van der Waals surface area contributed by atoms with Gasteiger partial charge in [-0.05, 0) is 49.4 Å². The van der Waals surface area contributed by atoms with Gasteiger partial charge in [0.1, 0.15) is 5.82 Å². The van der Waals surface area contributed by atoms with Crippen LogP contribution in [-0.4, -0.2) is 31.0 Å². The number of thioether (sulfide) groups is 1. The zero-order chi connectivity index (χ0) is 21.8. The predicted octanol–water partition coefficient (Wildman–Crippen LogP) is 4.89. The predicted molar refractivity (Wildman–Crippen MR) is 125 cm³/mol. The number of carbonyl (C=O) groups is 1. The Balaban J connectivity index is 1.56. The second-order valence-electron chi connectivity index (χ2n) is 7.20. The Hall–Kier alpha value is -3.03. The summed E-state index contributed by atoms with van der Waals surface area (Å²) in [5.41, 5.74) is 3.95. The van der Waals surface area contributed by atoms with Gasteiger partial charge in [-0.3, -0.25) is 9.36 Å².